The normalized spacial score (nSPS) is 14.9. The highest BCUT2D eigenvalue weighted by molar-refractivity contribution is 7.92. The number of esters is 1. The fourth-order valence-corrected chi connectivity index (χ4v) is 4.81. The smallest absolute Gasteiger partial charge is 0.308 e. The number of piperidine rings is 1. The number of sulfonamides is 1. The summed E-state index contributed by atoms with van der Waals surface area (Å²) in [5, 5.41) is 0. The summed E-state index contributed by atoms with van der Waals surface area (Å²) < 4.78 is 45.5. The summed E-state index contributed by atoms with van der Waals surface area (Å²) in [6.07, 6.45) is 0.933. The van der Waals surface area contributed by atoms with Crippen LogP contribution in [0.5, 0.6) is 0 Å². The Balaban J connectivity index is 1.81. The molecule has 160 valence electrons. The summed E-state index contributed by atoms with van der Waals surface area (Å²) in [7, 11) is -2.76. The van der Waals surface area contributed by atoms with E-state index in [9.17, 15) is 22.4 Å². The number of ether oxygens (including phenoxy) is 1. The van der Waals surface area contributed by atoms with E-state index in [1.54, 1.807) is 35.2 Å². The topological polar surface area (TPSA) is 84.0 Å². The van der Waals surface area contributed by atoms with Crippen molar-refractivity contribution in [2.45, 2.75) is 17.7 Å². The monoisotopic (exact) mass is 434 g/mol. The third-order valence-corrected chi connectivity index (χ3v) is 6.89. The Bertz CT molecular complexity index is 988. The first kappa shape index (κ1) is 21.8. The van der Waals surface area contributed by atoms with Gasteiger partial charge in [-0.25, -0.2) is 12.8 Å². The number of carbonyl (C=O) groups is 2. The molecule has 1 heterocycles. The SMILES string of the molecule is COC(=O)C1CCN(C(=O)CN(c2ccccc2)S(=O)(=O)c2ccc(F)cc2)CC1. The molecule has 0 aromatic heterocycles. The van der Waals surface area contributed by atoms with Gasteiger partial charge in [-0.2, -0.15) is 0 Å². The van der Waals surface area contributed by atoms with Crippen LogP contribution in [0.3, 0.4) is 0 Å². The van der Waals surface area contributed by atoms with Crippen LogP contribution >= 0.6 is 0 Å². The summed E-state index contributed by atoms with van der Waals surface area (Å²) in [5.41, 5.74) is 0.333. The maximum Gasteiger partial charge on any atom is 0.308 e. The van der Waals surface area contributed by atoms with Crippen molar-refractivity contribution in [2.24, 2.45) is 5.92 Å². The fourth-order valence-electron chi connectivity index (χ4n) is 3.40. The Morgan fingerprint density at radius 1 is 1.07 bits per heavy atom. The molecular weight excluding hydrogens is 411 g/mol. The van der Waals surface area contributed by atoms with Crippen LogP contribution in [-0.2, 0) is 24.3 Å². The number of amides is 1. The van der Waals surface area contributed by atoms with Gasteiger partial charge in [-0.15, -0.1) is 0 Å². The maximum atomic E-state index is 13.3. The molecule has 30 heavy (non-hydrogen) atoms. The number of hydrogen-bond donors (Lipinski definition) is 0. The van der Waals surface area contributed by atoms with Crippen molar-refractivity contribution in [1.82, 2.24) is 4.90 Å². The predicted molar refractivity (Wildman–Crippen MR) is 109 cm³/mol. The highest BCUT2D eigenvalue weighted by atomic mass is 32.2. The predicted octanol–water partition coefficient (Wildman–Crippen LogP) is 2.43. The average Bonchev–Trinajstić information content (AvgIpc) is 2.77. The van der Waals surface area contributed by atoms with Crippen LogP contribution in [0, 0.1) is 11.7 Å². The van der Waals surface area contributed by atoms with E-state index in [1.807, 2.05) is 0 Å². The Labute approximate surface area is 175 Å². The Kier molecular flexibility index (Phi) is 6.71. The van der Waals surface area contributed by atoms with E-state index in [4.69, 9.17) is 4.74 Å². The second-order valence-electron chi connectivity index (χ2n) is 6.98. The lowest BCUT2D eigenvalue weighted by atomic mass is 9.97. The van der Waals surface area contributed by atoms with E-state index >= 15 is 0 Å². The zero-order valence-electron chi connectivity index (χ0n) is 16.5. The van der Waals surface area contributed by atoms with Gasteiger partial charge in [0.15, 0.2) is 0 Å². The van der Waals surface area contributed by atoms with E-state index in [-0.39, 0.29) is 22.7 Å². The van der Waals surface area contributed by atoms with Gasteiger partial charge in [0.05, 0.1) is 23.6 Å². The molecule has 0 spiro atoms. The quantitative estimate of drug-likeness (QED) is 0.652. The van der Waals surface area contributed by atoms with E-state index in [0.717, 1.165) is 16.4 Å². The minimum Gasteiger partial charge on any atom is -0.469 e. The van der Waals surface area contributed by atoms with E-state index < -0.39 is 22.4 Å². The van der Waals surface area contributed by atoms with Crippen LogP contribution in [0.4, 0.5) is 10.1 Å². The zero-order valence-corrected chi connectivity index (χ0v) is 17.3. The number of carbonyl (C=O) groups excluding carboxylic acids is 2. The molecule has 2 aromatic rings. The summed E-state index contributed by atoms with van der Waals surface area (Å²) in [5.74, 6) is -1.48. The van der Waals surface area contributed by atoms with Crippen LogP contribution < -0.4 is 4.31 Å². The number of rotatable bonds is 6. The van der Waals surface area contributed by atoms with Gasteiger partial charge in [0.25, 0.3) is 10.0 Å². The minimum atomic E-state index is -4.09. The lowest BCUT2D eigenvalue weighted by Gasteiger charge is -2.33. The second kappa shape index (κ2) is 9.25. The molecule has 0 aliphatic carbocycles. The number of likely N-dealkylation sites (tertiary alicyclic amines) is 1. The lowest BCUT2D eigenvalue weighted by molar-refractivity contribution is -0.148. The largest absolute Gasteiger partial charge is 0.469 e. The van der Waals surface area contributed by atoms with Crippen LogP contribution in [0.1, 0.15) is 12.8 Å². The molecule has 0 N–H and O–H groups in total. The molecular formula is C21H23FN2O5S. The lowest BCUT2D eigenvalue weighted by Crippen LogP contribution is -2.46. The van der Waals surface area contributed by atoms with Gasteiger partial charge in [-0.05, 0) is 49.2 Å². The van der Waals surface area contributed by atoms with Gasteiger partial charge in [0, 0.05) is 13.1 Å². The van der Waals surface area contributed by atoms with Crippen LogP contribution in [0.15, 0.2) is 59.5 Å². The average molecular weight is 434 g/mol. The first-order valence-electron chi connectivity index (χ1n) is 9.52. The molecule has 1 saturated heterocycles. The molecule has 1 fully saturated rings. The number of hydrogen-bond acceptors (Lipinski definition) is 5. The van der Waals surface area contributed by atoms with Crippen LogP contribution in [0.2, 0.25) is 0 Å². The van der Waals surface area contributed by atoms with E-state index in [1.165, 1.54) is 19.2 Å². The molecule has 1 aliphatic heterocycles. The van der Waals surface area contributed by atoms with Crippen molar-refractivity contribution < 1.29 is 27.1 Å². The second-order valence-corrected chi connectivity index (χ2v) is 8.84. The molecule has 1 amide bonds. The summed E-state index contributed by atoms with van der Waals surface area (Å²) in [6, 6.07) is 12.8. The molecule has 3 rings (SSSR count). The first-order chi connectivity index (χ1) is 14.3. The summed E-state index contributed by atoms with van der Waals surface area (Å²) in [6.45, 7) is 0.294. The van der Waals surface area contributed by atoms with Crippen molar-refractivity contribution >= 4 is 27.6 Å². The zero-order chi connectivity index (χ0) is 21.7. The molecule has 0 atom stereocenters. The molecule has 1 aliphatic rings. The third-order valence-electron chi connectivity index (χ3n) is 5.11. The van der Waals surface area contributed by atoms with Crippen molar-refractivity contribution in [3.63, 3.8) is 0 Å². The number of halogens is 1. The number of methoxy groups -OCH3 is 1. The number of benzene rings is 2. The van der Waals surface area contributed by atoms with Crippen molar-refractivity contribution in [1.29, 1.82) is 0 Å². The Morgan fingerprint density at radius 3 is 2.23 bits per heavy atom. The van der Waals surface area contributed by atoms with Gasteiger partial charge in [0.2, 0.25) is 5.91 Å². The fraction of sp³-hybridized carbons (Fsp3) is 0.333. The molecule has 0 bridgehead atoms. The molecule has 0 saturated carbocycles. The molecule has 0 unspecified atom stereocenters. The summed E-state index contributed by atoms with van der Waals surface area (Å²) >= 11 is 0. The van der Waals surface area contributed by atoms with Crippen molar-refractivity contribution in [3.05, 3.63) is 60.4 Å². The molecule has 2 aromatic carbocycles. The number of anilines is 1. The Hall–Kier alpha value is -2.94. The standard InChI is InChI=1S/C21H23FN2O5S/c1-29-21(26)16-11-13-23(14-12-16)20(25)15-24(18-5-3-2-4-6-18)30(27,28)19-9-7-17(22)8-10-19/h2-10,16H,11-15H2,1H3. The van der Waals surface area contributed by atoms with Gasteiger partial charge >= 0.3 is 5.97 Å². The molecule has 7 nitrogen and oxygen atoms in total. The number of nitrogens with zero attached hydrogens (tertiary/aromatic N) is 2. The highest BCUT2D eigenvalue weighted by Crippen LogP contribution is 2.25. The van der Waals surface area contributed by atoms with Crippen LogP contribution in [0.25, 0.3) is 0 Å². The highest BCUT2D eigenvalue weighted by Gasteiger charge is 2.32. The van der Waals surface area contributed by atoms with Crippen molar-refractivity contribution in [2.75, 3.05) is 31.0 Å². The summed E-state index contributed by atoms with van der Waals surface area (Å²) in [4.78, 5) is 26.0. The van der Waals surface area contributed by atoms with Gasteiger partial charge in [0.1, 0.15) is 12.4 Å². The van der Waals surface area contributed by atoms with E-state index in [2.05, 4.69) is 0 Å². The maximum absolute atomic E-state index is 13.3. The molecule has 9 heteroatoms. The van der Waals surface area contributed by atoms with Gasteiger partial charge < -0.3 is 9.64 Å². The Morgan fingerprint density at radius 2 is 1.67 bits per heavy atom. The van der Waals surface area contributed by atoms with Crippen molar-refractivity contribution in [3.8, 4) is 0 Å². The van der Waals surface area contributed by atoms with Crippen LogP contribution in [-0.4, -0.2) is 51.9 Å². The third kappa shape index (κ3) is 4.79. The van der Waals surface area contributed by atoms with Gasteiger partial charge in [-0.3, -0.25) is 13.9 Å². The minimum absolute atomic E-state index is 0.107. The number of para-hydroxylation sites is 1. The molecule has 0 radical (unpaired) electrons. The van der Waals surface area contributed by atoms with Gasteiger partial charge in [-0.1, -0.05) is 18.2 Å². The first-order valence-corrected chi connectivity index (χ1v) is 11.0. The van der Waals surface area contributed by atoms with E-state index in [0.29, 0.717) is 31.6 Å².